The summed E-state index contributed by atoms with van der Waals surface area (Å²) in [6, 6.07) is 0.813. The van der Waals surface area contributed by atoms with Crippen LogP contribution in [0.5, 0.6) is 0 Å². The molecule has 0 bridgehead atoms. The zero-order valence-corrected chi connectivity index (χ0v) is 12.2. The molecule has 0 radical (unpaired) electrons. The number of imidazole rings is 1. The quantitative estimate of drug-likeness (QED) is 0.753. The van der Waals surface area contributed by atoms with Crippen LogP contribution in [0.3, 0.4) is 0 Å². The lowest BCUT2D eigenvalue weighted by Crippen LogP contribution is -2.36. The highest BCUT2D eigenvalue weighted by atomic mass is 79.9. The number of halogens is 1. The summed E-state index contributed by atoms with van der Waals surface area (Å²) < 4.78 is 2.13. The molecule has 0 aliphatic heterocycles. The number of aryl methyl sites for hydroxylation is 1. The van der Waals surface area contributed by atoms with E-state index in [1.807, 2.05) is 12.4 Å². The van der Waals surface area contributed by atoms with E-state index in [1.54, 1.807) is 0 Å². The Bertz CT molecular complexity index is 331. The summed E-state index contributed by atoms with van der Waals surface area (Å²) in [5, 5.41) is 1.07. The molecule has 1 aromatic heterocycles. The third-order valence-electron chi connectivity index (χ3n) is 3.76. The number of hydrogen-bond acceptors (Lipinski definition) is 2. The van der Waals surface area contributed by atoms with E-state index in [0.29, 0.717) is 0 Å². The second-order valence-corrected chi connectivity index (χ2v) is 5.66. The molecule has 0 saturated heterocycles. The Kier molecular flexibility index (Phi) is 5.04. The van der Waals surface area contributed by atoms with Crippen molar-refractivity contribution < 1.29 is 0 Å². The molecule has 96 valence electrons. The number of hydrogen-bond donors (Lipinski definition) is 0. The summed E-state index contributed by atoms with van der Waals surface area (Å²) >= 11 is 3.57. The van der Waals surface area contributed by atoms with E-state index in [0.717, 1.165) is 30.9 Å². The Balaban J connectivity index is 1.86. The van der Waals surface area contributed by atoms with Crippen LogP contribution in [0.2, 0.25) is 0 Å². The van der Waals surface area contributed by atoms with Crippen molar-refractivity contribution in [3.63, 3.8) is 0 Å². The molecule has 1 heterocycles. The summed E-state index contributed by atoms with van der Waals surface area (Å²) in [4.78, 5) is 7.03. The third-order valence-corrected chi connectivity index (χ3v) is 4.11. The van der Waals surface area contributed by atoms with E-state index >= 15 is 0 Å². The Morgan fingerprint density at radius 2 is 2.18 bits per heavy atom. The second kappa shape index (κ2) is 6.55. The van der Waals surface area contributed by atoms with Gasteiger partial charge in [0.2, 0.25) is 0 Å². The first-order valence-electron chi connectivity index (χ1n) is 6.57. The van der Waals surface area contributed by atoms with Gasteiger partial charge in [0.15, 0.2) is 0 Å². The number of aromatic nitrogens is 2. The van der Waals surface area contributed by atoms with Crippen molar-refractivity contribution in [2.75, 3.05) is 18.4 Å². The zero-order valence-electron chi connectivity index (χ0n) is 10.6. The fourth-order valence-electron chi connectivity index (χ4n) is 2.74. The lowest BCUT2D eigenvalue weighted by Gasteiger charge is -2.27. The minimum Gasteiger partial charge on any atom is -0.338 e. The van der Waals surface area contributed by atoms with Crippen LogP contribution in [0.4, 0.5) is 0 Å². The van der Waals surface area contributed by atoms with Crippen molar-refractivity contribution in [1.82, 2.24) is 14.5 Å². The normalized spacial score (nSPS) is 17.1. The average molecular weight is 300 g/mol. The van der Waals surface area contributed by atoms with Crippen molar-refractivity contribution in [1.29, 1.82) is 0 Å². The highest BCUT2D eigenvalue weighted by Crippen LogP contribution is 2.23. The maximum absolute atomic E-state index is 4.40. The van der Waals surface area contributed by atoms with Gasteiger partial charge in [0.25, 0.3) is 0 Å². The van der Waals surface area contributed by atoms with Crippen LogP contribution < -0.4 is 0 Å². The fraction of sp³-hybridized carbons (Fsp3) is 0.769. The summed E-state index contributed by atoms with van der Waals surface area (Å²) in [5.74, 6) is 1.20. The molecule has 2 rings (SSSR count). The van der Waals surface area contributed by atoms with Crippen molar-refractivity contribution >= 4 is 15.9 Å². The van der Waals surface area contributed by atoms with Gasteiger partial charge in [0.1, 0.15) is 5.82 Å². The molecule has 17 heavy (non-hydrogen) atoms. The molecule has 0 amide bonds. The first kappa shape index (κ1) is 13.1. The van der Waals surface area contributed by atoms with Crippen molar-refractivity contribution in [2.45, 2.75) is 38.1 Å². The van der Waals surface area contributed by atoms with E-state index in [4.69, 9.17) is 0 Å². The molecular formula is C13H22BrN3. The molecule has 0 spiro atoms. The van der Waals surface area contributed by atoms with Crippen LogP contribution in [0.15, 0.2) is 12.4 Å². The second-order valence-electron chi connectivity index (χ2n) is 4.87. The number of alkyl halides is 1. The number of nitrogens with zero attached hydrogens (tertiary/aromatic N) is 3. The van der Waals surface area contributed by atoms with Crippen LogP contribution >= 0.6 is 15.9 Å². The van der Waals surface area contributed by atoms with Crippen LogP contribution in [0, 0.1) is 0 Å². The molecule has 1 saturated carbocycles. The monoisotopic (exact) mass is 299 g/mol. The minimum absolute atomic E-state index is 0.813. The maximum atomic E-state index is 4.40. The van der Waals surface area contributed by atoms with E-state index in [2.05, 4.69) is 37.4 Å². The smallest absolute Gasteiger partial charge is 0.109 e. The zero-order chi connectivity index (χ0) is 12.1. The van der Waals surface area contributed by atoms with Gasteiger partial charge in [0, 0.05) is 50.3 Å². The Hall–Kier alpha value is -0.350. The standard InChI is InChI=1S/C13H22BrN3/c1-16-11-8-15-13(16)6-9-17(10-7-14)12-4-2-3-5-12/h8,11-12H,2-7,9-10H2,1H3. The van der Waals surface area contributed by atoms with Gasteiger partial charge in [-0.05, 0) is 12.8 Å². The van der Waals surface area contributed by atoms with Crippen LogP contribution in [0.25, 0.3) is 0 Å². The molecule has 0 atom stereocenters. The highest BCUT2D eigenvalue weighted by molar-refractivity contribution is 9.09. The van der Waals surface area contributed by atoms with Gasteiger partial charge in [-0.2, -0.15) is 0 Å². The van der Waals surface area contributed by atoms with Crippen LogP contribution in [-0.4, -0.2) is 38.9 Å². The van der Waals surface area contributed by atoms with Crippen molar-refractivity contribution in [2.24, 2.45) is 7.05 Å². The average Bonchev–Trinajstić information content (AvgIpc) is 2.96. The lowest BCUT2D eigenvalue weighted by atomic mass is 10.2. The molecule has 1 fully saturated rings. The predicted molar refractivity (Wildman–Crippen MR) is 74.5 cm³/mol. The fourth-order valence-corrected chi connectivity index (χ4v) is 3.19. The highest BCUT2D eigenvalue weighted by Gasteiger charge is 2.21. The Labute approximate surface area is 112 Å². The third kappa shape index (κ3) is 3.55. The Morgan fingerprint density at radius 3 is 2.76 bits per heavy atom. The Morgan fingerprint density at radius 1 is 1.41 bits per heavy atom. The molecule has 4 heteroatoms. The summed E-state index contributed by atoms with van der Waals surface area (Å²) in [6.45, 7) is 2.30. The van der Waals surface area contributed by atoms with Gasteiger partial charge in [-0.15, -0.1) is 0 Å². The summed E-state index contributed by atoms with van der Waals surface area (Å²) in [6.07, 6.45) is 10.6. The molecule has 0 unspecified atom stereocenters. The summed E-state index contributed by atoms with van der Waals surface area (Å²) in [7, 11) is 2.08. The first-order valence-corrected chi connectivity index (χ1v) is 7.69. The molecular weight excluding hydrogens is 278 g/mol. The minimum atomic E-state index is 0.813. The van der Waals surface area contributed by atoms with Gasteiger partial charge in [-0.25, -0.2) is 4.98 Å². The molecule has 0 aromatic carbocycles. The van der Waals surface area contributed by atoms with Crippen molar-refractivity contribution in [3.05, 3.63) is 18.2 Å². The van der Waals surface area contributed by atoms with Gasteiger partial charge in [-0.3, -0.25) is 4.90 Å². The lowest BCUT2D eigenvalue weighted by molar-refractivity contribution is 0.212. The van der Waals surface area contributed by atoms with E-state index < -0.39 is 0 Å². The predicted octanol–water partition coefficient (Wildman–Crippen LogP) is 2.60. The van der Waals surface area contributed by atoms with E-state index in [1.165, 1.54) is 31.5 Å². The topological polar surface area (TPSA) is 21.1 Å². The number of rotatable bonds is 6. The molecule has 1 aromatic rings. The molecule has 1 aliphatic rings. The van der Waals surface area contributed by atoms with Crippen molar-refractivity contribution in [3.8, 4) is 0 Å². The van der Waals surface area contributed by atoms with Crippen LogP contribution in [0.1, 0.15) is 31.5 Å². The van der Waals surface area contributed by atoms with Crippen LogP contribution in [-0.2, 0) is 13.5 Å². The summed E-state index contributed by atoms with van der Waals surface area (Å²) in [5.41, 5.74) is 0. The van der Waals surface area contributed by atoms with Gasteiger partial charge in [0.05, 0.1) is 0 Å². The maximum Gasteiger partial charge on any atom is 0.109 e. The van der Waals surface area contributed by atoms with E-state index in [-0.39, 0.29) is 0 Å². The SMILES string of the molecule is Cn1ccnc1CCN(CCBr)C1CCCC1. The molecule has 0 N–H and O–H groups in total. The van der Waals surface area contributed by atoms with E-state index in [9.17, 15) is 0 Å². The molecule has 3 nitrogen and oxygen atoms in total. The van der Waals surface area contributed by atoms with Gasteiger partial charge < -0.3 is 4.57 Å². The van der Waals surface area contributed by atoms with Gasteiger partial charge >= 0.3 is 0 Å². The molecule has 1 aliphatic carbocycles. The largest absolute Gasteiger partial charge is 0.338 e. The van der Waals surface area contributed by atoms with Gasteiger partial charge in [-0.1, -0.05) is 28.8 Å². The first-order chi connectivity index (χ1) is 8.31.